The Morgan fingerprint density at radius 1 is 1.30 bits per heavy atom. The van der Waals surface area contributed by atoms with E-state index >= 15 is 0 Å². The van der Waals surface area contributed by atoms with Crippen molar-refractivity contribution in [1.29, 1.82) is 0 Å². The fraction of sp³-hybridized carbons (Fsp3) is 0.267. The van der Waals surface area contributed by atoms with E-state index in [2.05, 4.69) is 27.4 Å². The first-order valence-corrected chi connectivity index (χ1v) is 6.77. The van der Waals surface area contributed by atoms with E-state index in [0.29, 0.717) is 23.5 Å². The monoisotopic (exact) mass is 289 g/mol. The quantitative estimate of drug-likeness (QED) is 0.678. The van der Waals surface area contributed by atoms with E-state index in [0.717, 1.165) is 6.42 Å². The van der Waals surface area contributed by atoms with Gasteiger partial charge in [-0.15, -0.1) is 0 Å². The van der Waals surface area contributed by atoms with Gasteiger partial charge in [0.25, 0.3) is 0 Å². The van der Waals surface area contributed by atoms with Gasteiger partial charge in [0, 0.05) is 6.04 Å². The van der Waals surface area contributed by atoms with Gasteiger partial charge in [0.15, 0.2) is 6.29 Å². The zero-order chi connectivity index (χ0) is 14.5. The molecule has 1 atom stereocenters. The van der Waals surface area contributed by atoms with Gasteiger partial charge in [0.2, 0.25) is 0 Å². The molecule has 0 aliphatic carbocycles. The van der Waals surface area contributed by atoms with Gasteiger partial charge in [0.1, 0.15) is 16.8 Å². The third-order valence-corrected chi connectivity index (χ3v) is 3.18. The largest absolute Gasteiger partial charge is 0.367 e. The average molecular weight is 290 g/mol. The molecule has 104 valence electrons. The number of aryl methyl sites for hydroxylation is 1. The fourth-order valence-electron chi connectivity index (χ4n) is 2.01. The minimum atomic E-state index is 0.126. The molecule has 4 nitrogen and oxygen atoms in total. The van der Waals surface area contributed by atoms with Crippen molar-refractivity contribution in [3.05, 3.63) is 52.4 Å². The second kappa shape index (κ2) is 6.48. The summed E-state index contributed by atoms with van der Waals surface area (Å²) >= 11 is 5.96. The first kappa shape index (κ1) is 14.5. The highest BCUT2D eigenvalue weighted by atomic mass is 35.5. The Morgan fingerprint density at radius 2 is 2.00 bits per heavy atom. The minimum absolute atomic E-state index is 0.126. The van der Waals surface area contributed by atoms with Gasteiger partial charge in [-0.1, -0.05) is 41.9 Å². The molecule has 2 rings (SSSR count). The van der Waals surface area contributed by atoms with Crippen LogP contribution in [0.5, 0.6) is 0 Å². The summed E-state index contributed by atoms with van der Waals surface area (Å²) in [6.07, 6.45) is 1.51. The van der Waals surface area contributed by atoms with E-state index in [1.54, 1.807) is 6.92 Å². The molecule has 0 saturated heterocycles. The predicted molar refractivity (Wildman–Crippen MR) is 80.4 cm³/mol. The molecule has 1 heterocycles. The first-order valence-electron chi connectivity index (χ1n) is 6.40. The molecule has 1 N–H and O–H groups in total. The third-order valence-electron chi connectivity index (χ3n) is 2.90. The Hall–Kier alpha value is -1.94. The minimum Gasteiger partial charge on any atom is -0.367 e. The number of hydrogen-bond acceptors (Lipinski definition) is 4. The summed E-state index contributed by atoms with van der Waals surface area (Å²) in [7, 11) is 0. The topological polar surface area (TPSA) is 54.9 Å². The van der Waals surface area contributed by atoms with Crippen LogP contribution in [0.3, 0.4) is 0 Å². The average Bonchev–Trinajstić information content (AvgIpc) is 2.39. The van der Waals surface area contributed by atoms with Gasteiger partial charge < -0.3 is 5.32 Å². The van der Waals surface area contributed by atoms with Crippen molar-refractivity contribution in [1.82, 2.24) is 9.97 Å². The number of carbonyl (C=O) groups is 1. The van der Waals surface area contributed by atoms with Crippen LogP contribution in [-0.2, 0) is 6.42 Å². The van der Waals surface area contributed by atoms with Crippen LogP contribution in [0.1, 0.15) is 28.7 Å². The van der Waals surface area contributed by atoms with E-state index in [4.69, 9.17) is 11.6 Å². The molecule has 0 amide bonds. The first-order chi connectivity index (χ1) is 9.60. The van der Waals surface area contributed by atoms with Crippen LogP contribution in [0.2, 0.25) is 5.15 Å². The molecule has 1 aromatic carbocycles. The highest BCUT2D eigenvalue weighted by molar-refractivity contribution is 6.32. The lowest BCUT2D eigenvalue weighted by atomic mass is 10.1. The standard InChI is InChI=1S/C15H16ClN3O/c1-10(8-12-6-4-3-5-7-12)17-15-13(9-20)14(16)18-11(2)19-15/h3-7,9-10H,8H2,1-2H3,(H,17,18,19). The van der Waals surface area contributed by atoms with Gasteiger partial charge in [0.05, 0.1) is 5.56 Å². The number of aromatic nitrogens is 2. The summed E-state index contributed by atoms with van der Waals surface area (Å²) in [5.74, 6) is 1.02. The maximum absolute atomic E-state index is 11.1. The molecule has 0 spiro atoms. The zero-order valence-corrected chi connectivity index (χ0v) is 12.2. The van der Waals surface area contributed by atoms with Crippen molar-refractivity contribution in [3.8, 4) is 0 Å². The van der Waals surface area contributed by atoms with Crippen molar-refractivity contribution in [3.63, 3.8) is 0 Å². The lowest BCUT2D eigenvalue weighted by molar-refractivity contribution is 0.112. The van der Waals surface area contributed by atoms with Gasteiger partial charge >= 0.3 is 0 Å². The van der Waals surface area contributed by atoms with Crippen molar-refractivity contribution >= 4 is 23.7 Å². The number of nitrogens with zero attached hydrogens (tertiary/aromatic N) is 2. The molecule has 20 heavy (non-hydrogen) atoms. The van der Waals surface area contributed by atoms with E-state index in [9.17, 15) is 4.79 Å². The summed E-state index contributed by atoms with van der Waals surface area (Å²) in [6.45, 7) is 3.78. The summed E-state index contributed by atoms with van der Waals surface area (Å²) < 4.78 is 0. The summed E-state index contributed by atoms with van der Waals surface area (Å²) in [5, 5.41) is 3.41. The van der Waals surface area contributed by atoms with Crippen molar-refractivity contribution in [2.24, 2.45) is 0 Å². The number of anilines is 1. The van der Waals surface area contributed by atoms with Crippen molar-refractivity contribution < 1.29 is 4.79 Å². The Morgan fingerprint density at radius 3 is 2.65 bits per heavy atom. The number of aldehydes is 1. The molecular weight excluding hydrogens is 274 g/mol. The number of benzene rings is 1. The SMILES string of the molecule is Cc1nc(Cl)c(C=O)c(NC(C)Cc2ccccc2)n1. The van der Waals surface area contributed by atoms with E-state index in [1.165, 1.54) is 5.56 Å². The highest BCUT2D eigenvalue weighted by Crippen LogP contribution is 2.20. The van der Waals surface area contributed by atoms with Gasteiger partial charge in [-0.2, -0.15) is 0 Å². The molecule has 0 bridgehead atoms. The van der Waals surface area contributed by atoms with E-state index < -0.39 is 0 Å². The van der Waals surface area contributed by atoms with Crippen LogP contribution in [0.4, 0.5) is 5.82 Å². The summed E-state index contributed by atoms with van der Waals surface area (Å²) in [5.41, 5.74) is 1.52. The van der Waals surface area contributed by atoms with Gasteiger partial charge in [-0.25, -0.2) is 9.97 Å². The molecule has 1 unspecified atom stereocenters. The molecule has 5 heteroatoms. The molecule has 2 aromatic rings. The Bertz CT molecular complexity index is 602. The highest BCUT2D eigenvalue weighted by Gasteiger charge is 2.13. The summed E-state index contributed by atoms with van der Waals surface area (Å²) in [6, 6.07) is 10.3. The molecule has 0 aliphatic heterocycles. The number of nitrogens with one attached hydrogen (secondary N) is 1. The molecule has 0 aliphatic rings. The van der Waals surface area contributed by atoms with Crippen molar-refractivity contribution in [2.75, 3.05) is 5.32 Å². The normalized spacial score (nSPS) is 11.9. The maximum Gasteiger partial charge on any atom is 0.156 e. The van der Waals surface area contributed by atoms with Crippen LogP contribution in [0, 0.1) is 6.92 Å². The Balaban J connectivity index is 2.15. The third kappa shape index (κ3) is 3.54. The van der Waals surface area contributed by atoms with Gasteiger partial charge in [-0.3, -0.25) is 4.79 Å². The van der Waals surface area contributed by atoms with E-state index in [-0.39, 0.29) is 11.2 Å². The Kier molecular flexibility index (Phi) is 4.69. The fourth-order valence-corrected chi connectivity index (χ4v) is 2.27. The number of carbonyl (C=O) groups excluding carboxylic acids is 1. The second-order valence-electron chi connectivity index (χ2n) is 4.68. The van der Waals surface area contributed by atoms with Crippen LogP contribution >= 0.6 is 11.6 Å². The molecular formula is C15H16ClN3O. The molecule has 0 fully saturated rings. The second-order valence-corrected chi connectivity index (χ2v) is 5.03. The lowest BCUT2D eigenvalue weighted by Crippen LogP contribution is -2.20. The summed E-state index contributed by atoms with van der Waals surface area (Å²) in [4.78, 5) is 19.3. The number of halogens is 1. The van der Waals surface area contributed by atoms with Gasteiger partial charge in [-0.05, 0) is 25.8 Å². The zero-order valence-electron chi connectivity index (χ0n) is 11.4. The van der Waals surface area contributed by atoms with Crippen LogP contribution in [0.25, 0.3) is 0 Å². The van der Waals surface area contributed by atoms with Crippen LogP contribution in [0.15, 0.2) is 30.3 Å². The smallest absolute Gasteiger partial charge is 0.156 e. The van der Waals surface area contributed by atoms with Crippen LogP contribution < -0.4 is 5.32 Å². The van der Waals surface area contributed by atoms with E-state index in [1.807, 2.05) is 25.1 Å². The van der Waals surface area contributed by atoms with Crippen molar-refractivity contribution in [2.45, 2.75) is 26.3 Å². The maximum atomic E-state index is 11.1. The van der Waals surface area contributed by atoms with Crippen LogP contribution in [-0.4, -0.2) is 22.3 Å². The molecule has 0 radical (unpaired) electrons. The molecule has 1 aromatic heterocycles. The Labute approximate surface area is 123 Å². The predicted octanol–water partition coefficient (Wildman–Crippen LogP) is 3.29. The number of rotatable bonds is 5. The number of hydrogen-bond donors (Lipinski definition) is 1. The lowest BCUT2D eigenvalue weighted by Gasteiger charge is -2.16. The molecule has 0 saturated carbocycles.